The first-order valence-corrected chi connectivity index (χ1v) is 7.92. The number of carbonyl (C=O) groups excluding carboxylic acids is 1. The molecule has 1 aliphatic rings. The van der Waals surface area contributed by atoms with Gasteiger partial charge in [0.15, 0.2) is 0 Å². The lowest BCUT2D eigenvalue weighted by molar-refractivity contribution is 0.0161. The molecule has 6 nitrogen and oxygen atoms in total. The fraction of sp³-hybridized carbons (Fsp3) is 0.412. The van der Waals surface area contributed by atoms with Crippen molar-refractivity contribution in [1.82, 2.24) is 15.4 Å². The molecule has 0 spiro atoms. The molecule has 1 amide bonds. The minimum atomic E-state index is -0.309. The highest BCUT2D eigenvalue weighted by atomic mass is 19.1. The summed E-state index contributed by atoms with van der Waals surface area (Å²) >= 11 is 0. The van der Waals surface area contributed by atoms with Crippen molar-refractivity contribution in [3.8, 4) is 0 Å². The number of rotatable bonds is 5. The lowest BCUT2D eigenvalue weighted by Crippen LogP contribution is -2.43. The monoisotopic (exact) mass is 333 g/mol. The first kappa shape index (κ1) is 16.6. The van der Waals surface area contributed by atoms with Gasteiger partial charge in [-0.3, -0.25) is 9.69 Å². The number of morpholine rings is 1. The van der Waals surface area contributed by atoms with E-state index in [0.717, 1.165) is 18.7 Å². The van der Waals surface area contributed by atoms with Crippen LogP contribution in [0.15, 0.2) is 34.9 Å². The number of aryl methyl sites for hydroxylation is 1. The number of carbonyl (C=O) groups is 1. The Morgan fingerprint density at radius 1 is 1.33 bits per heavy atom. The maximum atomic E-state index is 13.2. The zero-order valence-corrected chi connectivity index (χ0v) is 13.5. The molecule has 2 heterocycles. The van der Waals surface area contributed by atoms with Gasteiger partial charge in [-0.25, -0.2) is 4.39 Å². The van der Waals surface area contributed by atoms with Gasteiger partial charge >= 0.3 is 0 Å². The van der Waals surface area contributed by atoms with Crippen molar-refractivity contribution in [2.45, 2.75) is 13.0 Å². The molecule has 2 aromatic rings. The highest BCUT2D eigenvalue weighted by Crippen LogP contribution is 2.22. The van der Waals surface area contributed by atoms with E-state index >= 15 is 0 Å². The zero-order chi connectivity index (χ0) is 16.9. The molecular weight excluding hydrogens is 313 g/mol. The summed E-state index contributed by atoms with van der Waals surface area (Å²) in [6, 6.07) is 7.91. The van der Waals surface area contributed by atoms with Crippen molar-refractivity contribution in [3.05, 3.63) is 53.2 Å². The van der Waals surface area contributed by atoms with Crippen molar-refractivity contribution in [1.29, 1.82) is 0 Å². The van der Waals surface area contributed by atoms with Crippen LogP contribution < -0.4 is 5.32 Å². The third-order valence-corrected chi connectivity index (χ3v) is 4.05. The van der Waals surface area contributed by atoms with Crippen LogP contribution >= 0.6 is 0 Å². The summed E-state index contributed by atoms with van der Waals surface area (Å²) in [6.45, 7) is 4.97. The average molecular weight is 333 g/mol. The van der Waals surface area contributed by atoms with Crippen molar-refractivity contribution in [2.24, 2.45) is 0 Å². The van der Waals surface area contributed by atoms with Gasteiger partial charge < -0.3 is 14.6 Å². The van der Waals surface area contributed by atoms with E-state index in [9.17, 15) is 9.18 Å². The number of halogens is 1. The van der Waals surface area contributed by atoms with Gasteiger partial charge in [-0.05, 0) is 24.6 Å². The maximum Gasteiger partial charge on any atom is 0.289 e. The summed E-state index contributed by atoms with van der Waals surface area (Å²) in [5, 5.41) is 6.59. The van der Waals surface area contributed by atoms with Crippen LogP contribution in [-0.4, -0.2) is 48.8 Å². The highest BCUT2D eigenvalue weighted by molar-refractivity contribution is 5.91. The predicted molar refractivity (Wildman–Crippen MR) is 85.1 cm³/mol. The third kappa shape index (κ3) is 3.98. The van der Waals surface area contributed by atoms with Crippen LogP contribution in [0.3, 0.4) is 0 Å². The number of benzene rings is 1. The number of ether oxygens (including phenoxy) is 1. The lowest BCUT2D eigenvalue weighted by Gasteiger charge is -2.34. The van der Waals surface area contributed by atoms with Gasteiger partial charge in [0, 0.05) is 25.7 Å². The molecule has 24 heavy (non-hydrogen) atoms. The second kappa shape index (κ2) is 7.55. The van der Waals surface area contributed by atoms with Crippen molar-refractivity contribution in [3.63, 3.8) is 0 Å². The molecule has 0 saturated carbocycles. The highest BCUT2D eigenvalue weighted by Gasteiger charge is 2.24. The number of amides is 1. The number of hydrogen-bond acceptors (Lipinski definition) is 5. The Hall–Kier alpha value is -2.25. The molecule has 0 radical (unpaired) electrons. The van der Waals surface area contributed by atoms with E-state index in [0.29, 0.717) is 25.5 Å². The summed E-state index contributed by atoms with van der Waals surface area (Å²) in [5.41, 5.74) is 1.61. The Morgan fingerprint density at radius 3 is 2.67 bits per heavy atom. The van der Waals surface area contributed by atoms with Crippen LogP contribution in [0.25, 0.3) is 0 Å². The SMILES string of the molecule is Cc1cc(C(=O)NC[C@@H](c2ccc(F)cc2)N2CCOCC2)on1. The largest absolute Gasteiger partial charge is 0.379 e. The maximum absolute atomic E-state index is 13.2. The van der Waals surface area contributed by atoms with Crippen LogP contribution in [0.4, 0.5) is 4.39 Å². The number of nitrogens with one attached hydrogen (secondary N) is 1. The predicted octanol–water partition coefficient (Wildman–Crippen LogP) is 1.93. The Bertz CT molecular complexity index is 681. The molecule has 128 valence electrons. The van der Waals surface area contributed by atoms with Gasteiger partial charge in [-0.2, -0.15) is 0 Å². The van der Waals surface area contributed by atoms with Crippen LogP contribution in [0, 0.1) is 12.7 Å². The minimum Gasteiger partial charge on any atom is -0.379 e. The summed E-state index contributed by atoms with van der Waals surface area (Å²) in [7, 11) is 0. The Kier molecular flexibility index (Phi) is 5.22. The summed E-state index contributed by atoms with van der Waals surface area (Å²) in [5.74, 6) is -0.399. The molecule has 1 aromatic carbocycles. The second-order valence-electron chi connectivity index (χ2n) is 5.76. The minimum absolute atomic E-state index is 0.0533. The molecule has 0 bridgehead atoms. The van der Waals surface area contributed by atoms with E-state index in [4.69, 9.17) is 9.26 Å². The summed E-state index contributed by atoms with van der Waals surface area (Å²) in [4.78, 5) is 14.4. The lowest BCUT2D eigenvalue weighted by atomic mass is 10.0. The van der Waals surface area contributed by atoms with Gasteiger partial charge in [0.25, 0.3) is 5.91 Å². The van der Waals surface area contributed by atoms with E-state index in [2.05, 4.69) is 15.4 Å². The summed E-state index contributed by atoms with van der Waals surface area (Å²) < 4.78 is 23.6. The fourth-order valence-electron chi connectivity index (χ4n) is 2.78. The normalized spacial score (nSPS) is 16.8. The van der Waals surface area contributed by atoms with Gasteiger partial charge in [-0.1, -0.05) is 17.3 Å². The molecule has 1 aliphatic heterocycles. The van der Waals surface area contributed by atoms with Crippen LogP contribution in [0.1, 0.15) is 27.9 Å². The van der Waals surface area contributed by atoms with Crippen molar-refractivity contribution >= 4 is 5.91 Å². The zero-order valence-electron chi connectivity index (χ0n) is 13.5. The second-order valence-corrected chi connectivity index (χ2v) is 5.76. The van der Waals surface area contributed by atoms with E-state index in [1.54, 1.807) is 25.1 Å². The van der Waals surface area contributed by atoms with Crippen LogP contribution in [0.2, 0.25) is 0 Å². The first-order chi connectivity index (χ1) is 11.6. The Balaban J connectivity index is 1.71. The number of nitrogens with zero attached hydrogens (tertiary/aromatic N) is 2. The first-order valence-electron chi connectivity index (χ1n) is 7.92. The molecule has 1 saturated heterocycles. The topological polar surface area (TPSA) is 67.6 Å². The Labute approximate surface area is 139 Å². The van der Waals surface area contributed by atoms with E-state index in [1.165, 1.54) is 12.1 Å². The number of hydrogen-bond donors (Lipinski definition) is 1. The van der Waals surface area contributed by atoms with Gasteiger partial charge in [0.05, 0.1) is 24.9 Å². The van der Waals surface area contributed by atoms with Gasteiger partial charge in [0.1, 0.15) is 5.82 Å². The molecule has 7 heteroatoms. The quantitative estimate of drug-likeness (QED) is 0.905. The van der Waals surface area contributed by atoms with Crippen LogP contribution in [-0.2, 0) is 4.74 Å². The third-order valence-electron chi connectivity index (χ3n) is 4.05. The van der Waals surface area contributed by atoms with E-state index in [1.807, 2.05) is 0 Å². The molecule has 0 unspecified atom stereocenters. The molecule has 0 aliphatic carbocycles. The average Bonchev–Trinajstić information content (AvgIpc) is 3.04. The van der Waals surface area contributed by atoms with Crippen LogP contribution in [0.5, 0.6) is 0 Å². The molecule has 1 atom stereocenters. The molecule has 1 N–H and O–H groups in total. The van der Waals surface area contributed by atoms with Crippen molar-refractivity contribution < 1.29 is 18.4 Å². The fourth-order valence-corrected chi connectivity index (χ4v) is 2.78. The molecule has 1 aromatic heterocycles. The Morgan fingerprint density at radius 2 is 2.04 bits per heavy atom. The molecule has 1 fully saturated rings. The number of aromatic nitrogens is 1. The van der Waals surface area contributed by atoms with Gasteiger partial charge in [0.2, 0.25) is 5.76 Å². The smallest absolute Gasteiger partial charge is 0.289 e. The van der Waals surface area contributed by atoms with Crippen molar-refractivity contribution in [2.75, 3.05) is 32.8 Å². The van der Waals surface area contributed by atoms with Gasteiger partial charge in [-0.15, -0.1) is 0 Å². The molecule has 3 rings (SSSR count). The van der Waals surface area contributed by atoms with E-state index < -0.39 is 0 Å². The standard InChI is InChI=1S/C17H20FN3O3/c1-12-10-16(24-20-12)17(22)19-11-15(21-6-8-23-9-7-21)13-2-4-14(18)5-3-13/h2-5,10,15H,6-9,11H2,1H3,(H,19,22)/t15-/m0/s1. The summed E-state index contributed by atoms with van der Waals surface area (Å²) in [6.07, 6.45) is 0. The van der Waals surface area contributed by atoms with E-state index in [-0.39, 0.29) is 23.5 Å². The molecular formula is C17H20FN3O3.